The third-order valence-electron chi connectivity index (χ3n) is 4.67. The maximum Gasteiger partial charge on any atom is 0.227 e. The summed E-state index contributed by atoms with van der Waals surface area (Å²) < 4.78 is 31.7. The van der Waals surface area contributed by atoms with Crippen LogP contribution in [0.15, 0.2) is 42.5 Å². The molecule has 0 bridgehead atoms. The number of hydrogen-bond acceptors (Lipinski definition) is 3. The molecule has 27 heavy (non-hydrogen) atoms. The van der Waals surface area contributed by atoms with Crippen molar-refractivity contribution in [3.8, 4) is 5.75 Å². The van der Waals surface area contributed by atoms with Gasteiger partial charge in [-0.3, -0.25) is 9.59 Å². The van der Waals surface area contributed by atoms with Gasteiger partial charge in [0.15, 0.2) is 11.6 Å². The molecule has 2 aromatic rings. The molecule has 1 fully saturated rings. The first-order valence-corrected chi connectivity index (χ1v) is 8.59. The minimum Gasteiger partial charge on any atom is -0.495 e. The van der Waals surface area contributed by atoms with Gasteiger partial charge < -0.3 is 15.0 Å². The Hall–Kier alpha value is -2.96. The van der Waals surface area contributed by atoms with Crippen molar-refractivity contribution in [3.63, 3.8) is 0 Å². The topological polar surface area (TPSA) is 58.6 Å². The van der Waals surface area contributed by atoms with E-state index in [2.05, 4.69) is 5.32 Å². The van der Waals surface area contributed by atoms with Crippen LogP contribution in [0.3, 0.4) is 0 Å². The van der Waals surface area contributed by atoms with Crippen molar-refractivity contribution in [2.75, 3.05) is 18.6 Å². The number of hydrogen-bond donors (Lipinski definition) is 1. The summed E-state index contributed by atoms with van der Waals surface area (Å²) >= 11 is 0. The first kappa shape index (κ1) is 18.8. The van der Waals surface area contributed by atoms with Gasteiger partial charge in [0.05, 0.1) is 24.8 Å². The van der Waals surface area contributed by atoms with Crippen molar-refractivity contribution in [2.45, 2.75) is 19.4 Å². The van der Waals surface area contributed by atoms with E-state index >= 15 is 0 Å². The molecule has 0 radical (unpaired) electrons. The quantitative estimate of drug-likeness (QED) is 0.874. The second-order valence-electron chi connectivity index (χ2n) is 6.48. The molecule has 5 nitrogen and oxygen atoms in total. The number of anilines is 1. The van der Waals surface area contributed by atoms with Crippen molar-refractivity contribution in [1.29, 1.82) is 0 Å². The van der Waals surface area contributed by atoms with Gasteiger partial charge in [0.2, 0.25) is 11.8 Å². The van der Waals surface area contributed by atoms with Crippen LogP contribution in [0.2, 0.25) is 0 Å². The predicted octanol–water partition coefficient (Wildman–Crippen LogP) is 3.20. The largest absolute Gasteiger partial charge is 0.495 e. The van der Waals surface area contributed by atoms with Gasteiger partial charge in [-0.1, -0.05) is 18.2 Å². The van der Waals surface area contributed by atoms with Crippen molar-refractivity contribution in [2.24, 2.45) is 5.92 Å². The monoisotopic (exact) mass is 374 g/mol. The molecule has 1 N–H and O–H groups in total. The number of nitrogens with one attached hydrogen (secondary N) is 1. The molecule has 2 atom stereocenters. The highest BCUT2D eigenvalue weighted by Gasteiger charge is 2.36. The van der Waals surface area contributed by atoms with E-state index in [0.717, 1.165) is 12.1 Å². The number of halogens is 2. The van der Waals surface area contributed by atoms with Gasteiger partial charge in [0, 0.05) is 13.0 Å². The molecule has 1 aliphatic heterocycles. The second-order valence-corrected chi connectivity index (χ2v) is 6.48. The van der Waals surface area contributed by atoms with E-state index < -0.39 is 23.6 Å². The third-order valence-corrected chi connectivity index (χ3v) is 4.67. The number of carbonyl (C=O) groups is 2. The molecule has 0 aromatic heterocycles. The minimum atomic E-state index is -0.966. The Labute approximate surface area is 155 Å². The molecule has 3 rings (SSSR count). The van der Waals surface area contributed by atoms with Crippen LogP contribution >= 0.6 is 0 Å². The maximum atomic E-state index is 13.4. The molecule has 2 unspecified atom stereocenters. The van der Waals surface area contributed by atoms with E-state index in [4.69, 9.17) is 4.74 Å². The summed E-state index contributed by atoms with van der Waals surface area (Å²) in [6.45, 7) is 1.91. The van der Waals surface area contributed by atoms with Crippen molar-refractivity contribution in [3.05, 3.63) is 59.7 Å². The van der Waals surface area contributed by atoms with E-state index in [9.17, 15) is 18.4 Å². The first-order valence-electron chi connectivity index (χ1n) is 8.59. The van der Waals surface area contributed by atoms with E-state index in [1.54, 1.807) is 31.2 Å². The highest BCUT2D eigenvalue weighted by atomic mass is 19.2. The van der Waals surface area contributed by atoms with Gasteiger partial charge in [-0.15, -0.1) is 0 Å². The lowest BCUT2D eigenvalue weighted by molar-refractivity contribution is -0.126. The number of carbonyl (C=O) groups excluding carboxylic acids is 2. The van der Waals surface area contributed by atoms with E-state index in [0.29, 0.717) is 17.0 Å². The molecule has 0 spiro atoms. The highest BCUT2D eigenvalue weighted by Crippen LogP contribution is 2.33. The highest BCUT2D eigenvalue weighted by molar-refractivity contribution is 6.01. The number of methoxy groups -OCH3 is 1. The van der Waals surface area contributed by atoms with Crippen LogP contribution in [0, 0.1) is 17.6 Å². The van der Waals surface area contributed by atoms with Crippen LogP contribution in [0.1, 0.15) is 24.9 Å². The predicted molar refractivity (Wildman–Crippen MR) is 96.4 cm³/mol. The van der Waals surface area contributed by atoms with Crippen LogP contribution in [-0.2, 0) is 9.59 Å². The van der Waals surface area contributed by atoms with Gasteiger partial charge in [-0.25, -0.2) is 8.78 Å². The lowest BCUT2D eigenvalue weighted by atomic mass is 10.0. The van der Waals surface area contributed by atoms with E-state index in [1.165, 1.54) is 18.1 Å². The molecule has 7 heteroatoms. The number of ether oxygens (including phenoxy) is 1. The van der Waals surface area contributed by atoms with Crippen LogP contribution in [0.25, 0.3) is 0 Å². The fourth-order valence-corrected chi connectivity index (χ4v) is 3.17. The average Bonchev–Trinajstić information content (AvgIpc) is 3.05. The summed E-state index contributed by atoms with van der Waals surface area (Å²) in [7, 11) is 1.52. The van der Waals surface area contributed by atoms with Gasteiger partial charge >= 0.3 is 0 Å². The molecular weight excluding hydrogens is 354 g/mol. The fraction of sp³-hybridized carbons (Fsp3) is 0.300. The molecule has 2 aromatic carbocycles. The standard InChI is InChI=1S/C20H20F2N2O3/c1-12(13-7-8-15(21)16(22)9-13)23-20(26)14-10-19(25)24(11-14)17-5-3-4-6-18(17)27-2/h3-9,12,14H,10-11H2,1-2H3,(H,23,26). The fourth-order valence-electron chi connectivity index (χ4n) is 3.17. The molecule has 142 valence electrons. The van der Waals surface area contributed by atoms with Crippen molar-refractivity contribution >= 4 is 17.5 Å². The number of benzene rings is 2. The number of nitrogens with zero attached hydrogens (tertiary/aromatic N) is 1. The van der Waals surface area contributed by atoms with Gasteiger partial charge in [0.25, 0.3) is 0 Å². The Bertz CT molecular complexity index is 872. The summed E-state index contributed by atoms with van der Waals surface area (Å²) in [5.74, 6) is -2.35. The molecular formula is C20H20F2N2O3. The zero-order chi connectivity index (χ0) is 19.6. The minimum absolute atomic E-state index is 0.0778. The average molecular weight is 374 g/mol. The SMILES string of the molecule is COc1ccccc1N1CC(C(=O)NC(C)c2ccc(F)c(F)c2)CC1=O. The van der Waals surface area contributed by atoms with Crippen molar-refractivity contribution < 1.29 is 23.1 Å². The smallest absolute Gasteiger partial charge is 0.227 e. The maximum absolute atomic E-state index is 13.4. The van der Waals surface area contributed by atoms with Crippen LogP contribution in [0.4, 0.5) is 14.5 Å². The number of amides is 2. The molecule has 0 saturated carbocycles. The van der Waals surface area contributed by atoms with Crippen molar-refractivity contribution in [1.82, 2.24) is 5.32 Å². The zero-order valence-corrected chi connectivity index (χ0v) is 15.0. The van der Waals surface area contributed by atoms with Gasteiger partial charge in [-0.05, 0) is 36.8 Å². The molecule has 0 aliphatic carbocycles. The van der Waals surface area contributed by atoms with Gasteiger partial charge in [0.1, 0.15) is 5.75 Å². The Kier molecular flexibility index (Phi) is 5.39. The summed E-state index contributed by atoms with van der Waals surface area (Å²) in [6, 6.07) is 10.1. The normalized spacial score (nSPS) is 17.7. The Balaban J connectivity index is 1.69. The zero-order valence-electron chi connectivity index (χ0n) is 15.0. The number of para-hydroxylation sites is 2. The lowest BCUT2D eigenvalue weighted by Gasteiger charge is -2.20. The molecule has 1 heterocycles. The second kappa shape index (κ2) is 7.73. The summed E-state index contributed by atoms with van der Waals surface area (Å²) in [5, 5.41) is 2.77. The Morgan fingerprint density at radius 1 is 1.22 bits per heavy atom. The lowest BCUT2D eigenvalue weighted by Crippen LogP contribution is -2.34. The Morgan fingerprint density at radius 3 is 2.67 bits per heavy atom. The van der Waals surface area contributed by atoms with E-state index in [1.807, 2.05) is 0 Å². The molecule has 1 aliphatic rings. The summed E-state index contributed by atoms with van der Waals surface area (Å²) in [6.07, 6.45) is 0.0778. The Morgan fingerprint density at radius 2 is 1.96 bits per heavy atom. The van der Waals surface area contributed by atoms with Crippen LogP contribution in [-0.4, -0.2) is 25.5 Å². The molecule has 2 amide bonds. The van der Waals surface area contributed by atoms with Gasteiger partial charge in [-0.2, -0.15) is 0 Å². The van der Waals surface area contributed by atoms with E-state index in [-0.39, 0.29) is 24.8 Å². The summed E-state index contributed by atoms with van der Waals surface area (Å²) in [4.78, 5) is 26.5. The molecule has 1 saturated heterocycles. The number of rotatable bonds is 5. The first-order chi connectivity index (χ1) is 12.9. The third kappa shape index (κ3) is 3.92. The van der Waals surface area contributed by atoms with Crippen LogP contribution < -0.4 is 15.0 Å². The van der Waals surface area contributed by atoms with Crippen LogP contribution in [0.5, 0.6) is 5.75 Å². The summed E-state index contributed by atoms with van der Waals surface area (Å²) in [5.41, 5.74) is 1.07.